The van der Waals surface area contributed by atoms with E-state index in [-0.39, 0.29) is 5.91 Å². The summed E-state index contributed by atoms with van der Waals surface area (Å²) in [5, 5.41) is 3.92. The minimum atomic E-state index is -0.125. The van der Waals surface area contributed by atoms with Gasteiger partial charge in [0.25, 0.3) is 0 Å². The summed E-state index contributed by atoms with van der Waals surface area (Å²) in [6.45, 7) is 4.97. The Morgan fingerprint density at radius 3 is 2.49 bits per heavy atom. The molecule has 0 saturated heterocycles. The number of carbonyl (C=O) groups is 1. The van der Waals surface area contributed by atoms with Crippen LogP contribution in [-0.2, 0) is 11.2 Å². The topological polar surface area (TPSA) is 69.9 Å². The number of carbonyl (C=O) groups excluding carboxylic acids is 1. The van der Waals surface area contributed by atoms with Gasteiger partial charge in [0.05, 0.1) is 27.1 Å². The quantitative estimate of drug-likeness (QED) is 0.184. The van der Waals surface area contributed by atoms with Crippen LogP contribution in [0.2, 0.25) is 0 Å². The molecule has 6 heteroatoms. The van der Waals surface area contributed by atoms with Crippen LogP contribution in [0.25, 0.3) is 27.7 Å². The van der Waals surface area contributed by atoms with Gasteiger partial charge in [-0.2, -0.15) is 0 Å². The third kappa shape index (κ3) is 6.15. The third-order valence-corrected chi connectivity index (χ3v) is 6.23. The lowest BCUT2D eigenvalue weighted by molar-refractivity contribution is -0.116. The smallest absolute Gasteiger partial charge is 0.244 e. The zero-order valence-electron chi connectivity index (χ0n) is 21.8. The molecule has 0 bridgehead atoms. The lowest BCUT2D eigenvalue weighted by atomic mass is 9.99. The van der Waals surface area contributed by atoms with E-state index < -0.39 is 0 Å². The number of furan rings is 1. The fourth-order valence-corrected chi connectivity index (χ4v) is 4.34. The van der Waals surface area contributed by atoms with Crippen molar-refractivity contribution in [3.63, 3.8) is 0 Å². The molecule has 37 heavy (non-hydrogen) atoms. The van der Waals surface area contributed by atoms with Gasteiger partial charge >= 0.3 is 0 Å². The summed E-state index contributed by atoms with van der Waals surface area (Å²) in [7, 11) is 3.23. The van der Waals surface area contributed by atoms with E-state index in [1.807, 2.05) is 62.4 Å². The number of amides is 1. The summed E-state index contributed by atoms with van der Waals surface area (Å²) < 4.78 is 22.6. The maximum atomic E-state index is 12.7. The van der Waals surface area contributed by atoms with Gasteiger partial charge in [-0.05, 0) is 61.6 Å². The fraction of sp³-hybridized carbons (Fsp3) is 0.258. The van der Waals surface area contributed by atoms with Gasteiger partial charge in [-0.15, -0.1) is 0 Å². The Morgan fingerprint density at radius 2 is 1.76 bits per heavy atom. The molecule has 4 aromatic rings. The molecule has 0 spiro atoms. The first-order valence-electron chi connectivity index (χ1n) is 12.4. The number of rotatable bonds is 11. The molecule has 1 aromatic heterocycles. The van der Waals surface area contributed by atoms with Crippen molar-refractivity contribution in [1.29, 1.82) is 0 Å². The Labute approximate surface area is 217 Å². The monoisotopic (exact) mass is 499 g/mol. The SMILES string of the molecule is CCOc1cc2occ(-c3ccc(OC)c(OC)c3)c2cc1/C(C)=C/C(=O)NCCCc1ccccc1. The number of methoxy groups -OCH3 is 2. The average Bonchev–Trinajstić information content (AvgIpc) is 3.33. The summed E-state index contributed by atoms with van der Waals surface area (Å²) in [4.78, 5) is 12.7. The van der Waals surface area contributed by atoms with Gasteiger partial charge in [-0.1, -0.05) is 36.4 Å². The molecule has 0 fully saturated rings. The number of benzene rings is 3. The van der Waals surface area contributed by atoms with Crippen molar-refractivity contribution in [2.45, 2.75) is 26.7 Å². The second-order valence-corrected chi connectivity index (χ2v) is 8.70. The van der Waals surface area contributed by atoms with Crippen LogP contribution in [0.15, 0.2) is 77.4 Å². The molecule has 0 radical (unpaired) electrons. The largest absolute Gasteiger partial charge is 0.493 e. The highest BCUT2D eigenvalue weighted by molar-refractivity contribution is 6.00. The lowest BCUT2D eigenvalue weighted by Crippen LogP contribution is -2.22. The third-order valence-electron chi connectivity index (χ3n) is 6.23. The summed E-state index contributed by atoms with van der Waals surface area (Å²) in [6, 6.07) is 19.9. The van der Waals surface area contributed by atoms with E-state index in [0.29, 0.717) is 36.0 Å². The van der Waals surface area contributed by atoms with Gasteiger partial charge in [-0.25, -0.2) is 0 Å². The minimum absolute atomic E-state index is 0.125. The average molecular weight is 500 g/mol. The Morgan fingerprint density at radius 1 is 0.973 bits per heavy atom. The van der Waals surface area contributed by atoms with Crippen LogP contribution in [0, 0.1) is 0 Å². The van der Waals surface area contributed by atoms with Crippen LogP contribution in [0.4, 0.5) is 0 Å². The Kier molecular flexibility index (Phi) is 8.52. The normalized spacial score (nSPS) is 11.4. The molecular formula is C31H33NO5. The molecule has 0 unspecified atom stereocenters. The van der Waals surface area contributed by atoms with Gasteiger partial charge in [0.1, 0.15) is 11.3 Å². The molecule has 4 rings (SSSR count). The van der Waals surface area contributed by atoms with Crippen LogP contribution in [-0.4, -0.2) is 33.3 Å². The number of fused-ring (bicyclic) bond motifs is 1. The highest BCUT2D eigenvalue weighted by Gasteiger charge is 2.16. The number of hydrogen-bond acceptors (Lipinski definition) is 5. The van der Waals surface area contributed by atoms with Crippen LogP contribution in [0.5, 0.6) is 17.2 Å². The number of nitrogens with one attached hydrogen (secondary N) is 1. The van der Waals surface area contributed by atoms with Crippen molar-refractivity contribution in [3.05, 3.63) is 84.1 Å². The lowest BCUT2D eigenvalue weighted by Gasteiger charge is -2.12. The predicted molar refractivity (Wildman–Crippen MR) is 147 cm³/mol. The summed E-state index contributed by atoms with van der Waals surface area (Å²) >= 11 is 0. The first-order valence-corrected chi connectivity index (χ1v) is 12.4. The van der Waals surface area contributed by atoms with Crippen LogP contribution >= 0.6 is 0 Å². The fourth-order valence-electron chi connectivity index (χ4n) is 4.34. The van der Waals surface area contributed by atoms with Gasteiger partial charge < -0.3 is 23.9 Å². The van der Waals surface area contributed by atoms with Crippen LogP contribution in [0.3, 0.4) is 0 Å². The molecule has 192 valence electrons. The van der Waals surface area contributed by atoms with E-state index in [9.17, 15) is 4.79 Å². The molecule has 1 N–H and O–H groups in total. The molecule has 0 saturated carbocycles. The van der Waals surface area contributed by atoms with Gasteiger partial charge in [0, 0.05) is 35.2 Å². The molecule has 0 atom stereocenters. The zero-order valence-corrected chi connectivity index (χ0v) is 21.8. The molecule has 1 heterocycles. The van der Waals surface area contributed by atoms with E-state index in [2.05, 4.69) is 17.4 Å². The van der Waals surface area contributed by atoms with Crippen molar-refractivity contribution < 1.29 is 23.4 Å². The van der Waals surface area contributed by atoms with Crippen molar-refractivity contribution in [3.8, 4) is 28.4 Å². The number of aryl methyl sites for hydroxylation is 1. The van der Waals surface area contributed by atoms with E-state index in [4.69, 9.17) is 18.6 Å². The molecule has 6 nitrogen and oxygen atoms in total. The second-order valence-electron chi connectivity index (χ2n) is 8.70. The maximum absolute atomic E-state index is 12.7. The summed E-state index contributed by atoms with van der Waals surface area (Å²) in [5.41, 5.74) is 5.48. The van der Waals surface area contributed by atoms with Crippen LogP contribution in [0.1, 0.15) is 31.4 Å². The van der Waals surface area contributed by atoms with Gasteiger partial charge in [0.2, 0.25) is 5.91 Å². The van der Waals surface area contributed by atoms with E-state index in [1.165, 1.54) is 5.56 Å². The highest BCUT2D eigenvalue weighted by atomic mass is 16.5. The number of hydrogen-bond donors (Lipinski definition) is 1. The standard InChI is InChI=1S/C31H33NO5/c1-5-36-28-19-29-25(26(20-37-29)23-13-14-27(34-3)30(17-23)35-4)18-24(28)21(2)16-31(33)32-15-9-12-22-10-7-6-8-11-22/h6-8,10-11,13-14,16-20H,5,9,12,15H2,1-4H3,(H,32,33)/b21-16+. The van der Waals surface area contributed by atoms with E-state index >= 15 is 0 Å². The number of allylic oxidation sites excluding steroid dienone is 1. The summed E-state index contributed by atoms with van der Waals surface area (Å²) in [5.74, 6) is 1.85. The first-order chi connectivity index (χ1) is 18.0. The Bertz CT molecular complexity index is 1390. The first kappa shape index (κ1) is 25.9. The summed E-state index contributed by atoms with van der Waals surface area (Å²) in [6.07, 6.45) is 5.16. The highest BCUT2D eigenvalue weighted by Crippen LogP contribution is 2.40. The molecular weight excluding hydrogens is 466 g/mol. The van der Waals surface area contributed by atoms with E-state index in [0.717, 1.165) is 40.5 Å². The van der Waals surface area contributed by atoms with Crippen molar-refractivity contribution >= 4 is 22.4 Å². The van der Waals surface area contributed by atoms with Crippen molar-refractivity contribution in [1.82, 2.24) is 5.32 Å². The Hall–Kier alpha value is -4.19. The zero-order chi connectivity index (χ0) is 26.2. The second kappa shape index (κ2) is 12.2. The Balaban J connectivity index is 1.57. The van der Waals surface area contributed by atoms with Crippen molar-refractivity contribution in [2.24, 2.45) is 0 Å². The van der Waals surface area contributed by atoms with E-state index in [1.54, 1.807) is 26.6 Å². The minimum Gasteiger partial charge on any atom is -0.493 e. The number of ether oxygens (including phenoxy) is 3. The maximum Gasteiger partial charge on any atom is 0.244 e. The molecule has 0 aliphatic carbocycles. The van der Waals surface area contributed by atoms with Crippen LogP contribution < -0.4 is 19.5 Å². The molecule has 1 amide bonds. The van der Waals surface area contributed by atoms with Gasteiger partial charge in [-0.3, -0.25) is 4.79 Å². The van der Waals surface area contributed by atoms with Gasteiger partial charge in [0.15, 0.2) is 11.5 Å². The molecule has 0 aliphatic rings. The predicted octanol–water partition coefficient (Wildman–Crippen LogP) is 6.67. The molecule has 3 aromatic carbocycles. The molecule has 0 aliphatic heterocycles. The van der Waals surface area contributed by atoms with Crippen molar-refractivity contribution in [2.75, 3.05) is 27.4 Å².